The van der Waals surface area contributed by atoms with Crippen molar-refractivity contribution in [3.05, 3.63) is 53.5 Å². The van der Waals surface area contributed by atoms with Gasteiger partial charge in [0.05, 0.1) is 13.2 Å². The molecule has 142 valence electrons. The Kier molecular flexibility index (Phi) is 5.05. The molecule has 0 aliphatic carbocycles. The van der Waals surface area contributed by atoms with Crippen LogP contribution in [-0.4, -0.2) is 58.5 Å². The molecule has 0 radical (unpaired) electrons. The van der Waals surface area contributed by atoms with E-state index in [9.17, 15) is 4.79 Å². The predicted molar refractivity (Wildman–Crippen MR) is 102 cm³/mol. The van der Waals surface area contributed by atoms with Crippen LogP contribution in [0.3, 0.4) is 0 Å². The molecule has 2 atom stereocenters. The number of ether oxygens (including phenoxy) is 1. The molecule has 2 aliphatic heterocycles. The molecule has 7 nitrogen and oxygen atoms in total. The largest absolute Gasteiger partial charge is 0.384 e. The Bertz CT molecular complexity index is 828. The number of hydrogen-bond donors (Lipinski definition) is 1. The summed E-state index contributed by atoms with van der Waals surface area (Å²) in [7, 11) is 2.04. The van der Waals surface area contributed by atoms with Gasteiger partial charge in [-0.05, 0) is 37.1 Å². The zero-order valence-corrected chi connectivity index (χ0v) is 15.5. The van der Waals surface area contributed by atoms with Crippen molar-refractivity contribution in [2.75, 3.05) is 32.5 Å². The number of benzene rings is 1. The number of likely N-dealkylation sites (N-methyl/N-ethyl adjacent to an activating group) is 1. The van der Waals surface area contributed by atoms with Gasteiger partial charge < -0.3 is 15.4 Å². The number of nitrogen functional groups attached to an aromatic ring is 1. The average Bonchev–Trinajstić information content (AvgIpc) is 3.17. The van der Waals surface area contributed by atoms with Crippen molar-refractivity contribution in [2.45, 2.75) is 31.5 Å². The fourth-order valence-corrected chi connectivity index (χ4v) is 3.91. The van der Waals surface area contributed by atoms with E-state index in [1.165, 1.54) is 5.56 Å². The molecule has 1 amide bonds. The lowest BCUT2D eigenvalue weighted by atomic mass is 9.97. The lowest BCUT2D eigenvalue weighted by molar-refractivity contribution is -0.144. The molecule has 27 heavy (non-hydrogen) atoms. The van der Waals surface area contributed by atoms with Gasteiger partial charge in [-0.1, -0.05) is 24.3 Å². The van der Waals surface area contributed by atoms with E-state index < -0.39 is 6.10 Å². The van der Waals surface area contributed by atoms with E-state index in [1.54, 1.807) is 12.3 Å². The molecular formula is C20H25N5O2. The van der Waals surface area contributed by atoms with E-state index in [0.29, 0.717) is 31.3 Å². The monoisotopic (exact) mass is 367 g/mol. The minimum atomic E-state index is -0.476. The van der Waals surface area contributed by atoms with Crippen molar-refractivity contribution >= 4 is 11.7 Å². The number of aromatic nitrogens is 2. The second-order valence-corrected chi connectivity index (χ2v) is 7.24. The molecule has 1 aromatic heterocycles. The van der Waals surface area contributed by atoms with E-state index in [-0.39, 0.29) is 11.9 Å². The molecule has 0 bridgehead atoms. The topological polar surface area (TPSA) is 84.6 Å². The van der Waals surface area contributed by atoms with E-state index in [4.69, 9.17) is 10.5 Å². The quantitative estimate of drug-likeness (QED) is 0.879. The number of fused-ring (bicyclic) bond motifs is 1. The molecule has 1 fully saturated rings. The fraction of sp³-hybridized carbons (Fsp3) is 0.450. The van der Waals surface area contributed by atoms with Crippen LogP contribution in [0.25, 0.3) is 0 Å². The normalized spacial score (nSPS) is 22.1. The number of nitrogens with two attached hydrogens (primary N) is 1. The fourth-order valence-electron chi connectivity index (χ4n) is 3.91. The summed E-state index contributed by atoms with van der Waals surface area (Å²) in [5.41, 5.74) is 7.96. The number of nitrogens with zero attached hydrogens (tertiary/aromatic N) is 4. The second-order valence-electron chi connectivity index (χ2n) is 7.24. The number of amides is 1. The van der Waals surface area contributed by atoms with Crippen LogP contribution in [0.1, 0.15) is 29.5 Å². The van der Waals surface area contributed by atoms with Crippen molar-refractivity contribution in [2.24, 2.45) is 0 Å². The molecule has 0 unspecified atom stereocenters. The summed E-state index contributed by atoms with van der Waals surface area (Å²) in [5, 5.41) is 0. The summed E-state index contributed by atoms with van der Waals surface area (Å²) < 4.78 is 5.84. The number of hydrogen-bond acceptors (Lipinski definition) is 6. The van der Waals surface area contributed by atoms with Crippen LogP contribution in [0.2, 0.25) is 0 Å². The van der Waals surface area contributed by atoms with E-state index >= 15 is 0 Å². The molecule has 0 saturated carbocycles. The molecule has 3 heterocycles. The molecule has 2 aliphatic rings. The van der Waals surface area contributed by atoms with Gasteiger partial charge in [0.25, 0.3) is 5.91 Å². The first-order valence-electron chi connectivity index (χ1n) is 9.37. The first-order valence-corrected chi connectivity index (χ1v) is 9.37. The average molecular weight is 367 g/mol. The molecule has 0 spiro atoms. The molecule has 1 saturated heterocycles. The van der Waals surface area contributed by atoms with Gasteiger partial charge in [0.1, 0.15) is 11.6 Å². The summed E-state index contributed by atoms with van der Waals surface area (Å²) >= 11 is 0. The zero-order chi connectivity index (χ0) is 18.8. The smallest absolute Gasteiger partial charge is 0.256 e. The molecular weight excluding hydrogens is 342 g/mol. The van der Waals surface area contributed by atoms with E-state index in [1.807, 2.05) is 30.1 Å². The van der Waals surface area contributed by atoms with Gasteiger partial charge in [0, 0.05) is 25.3 Å². The van der Waals surface area contributed by atoms with Gasteiger partial charge in [-0.3, -0.25) is 9.69 Å². The van der Waals surface area contributed by atoms with Crippen LogP contribution in [0.15, 0.2) is 36.5 Å². The van der Waals surface area contributed by atoms with Gasteiger partial charge in [0.2, 0.25) is 0 Å². The maximum absolute atomic E-state index is 13.1. The first-order chi connectivity index (χ1) is 13.1. The second kappa shape index (κ2) is 7.62. The minimum Gasteiger partial charge on any atom is -0.384 e. The highest BCUT2D eigenvalue weighted by Gasteiger charge is 2.35. The Morgan fingerprint density at radius 3 is 3.07 bits per heavy atom. The van der Waals surface area contributed by atoms with Gasteiger partial charge in [-0.2, -0.15) is 0 Å². The van der Waals surface area contributed by atoms with Crippen molar-refractivity contribution in [3.8, 4) is 0 Å². The maximum Gasteiger partial charge on any atom is 0.256 e. The Morgan fingerprint density at radius 1 is 1.37 bits per heavy atom. The van der Waals surface area contributed by atoms with Crippen molar-refractivity contribution < 1.29 is 9.53 Å². The Balaban J connectivity index is 1.40. The Labute approximate surface area is 159 Å². The summed E-state index contributed by atoms with van der Waals surface area (Å²) in [6, 6.07) is 10.0. The SMILES string of the molecule is CN(Cc1nccc(N)n1)[C@@H]1CCN(C(=O)[C@H]2OCCc3ccccc32)C1. The van der Waals surface area contributed by atoms with Gasteiger partial charge in [-0.15, -0.1) is 0 Å². The van der Waals surface area contributed by atoms with Crippen LogP contribution in [-0.2, 0) is 22.5 Å². The maximum atomic E-state index is 13.1. The summed E-state index contributed by atoms with van der Waals surface area (Å²) in [6.07, 6.45) is 2.99. The molecule has 7 heteroatoms. The van der Waals surface area contributed by atoms with Crippen LogP contribution in [0, 0.1) is 0 Å². The van der Waals surface area contributed by atoms with E-state index in [0.717, 1.165) is 24.9 Å². The highest BCUT2D eigenvalue weighted by Crippen LogP contribution is 2.30. The van der Waals surface area contributed by atoms with Crippen LogP contribution < -0.4 is 5.73 Å². The molecule has 4 rings (SSSR count). The van der Waals surface area contributed by atoms with Crippen LogP contribution in [0.4, 0.5) is 5.82 Å². The third-order valence-corrected chi connectivity index (χ3v) is 5.43. The van der Waals surface area contributed by atoms with Crippen molar-refractivity contribution in [3.63, 3.8) is 0 Å². The van der Waals surface area contributed by atoms with Gasteiger partial charge in [0.15, 0.2) is 6.10 Å². The zero-order valence-electron chi connectivity index (χ0n) is 15.5. The molecule has 2 N–H and O–H groups in total. The van der Waals surface area contributed by atoms with Gasteiger partial charge >= 0.3 is 0 Å². The number of anilines is 1. The predicted octanol–water partition coefficient (Wildman–Crippen LogP) is 1.41. The van der Waals surface area contributed by atoms with Gasteiger partial charge in [-0.25, -0.2) is 9.97 Å². The summed E-state index contributed by atoms with van der Waals surface area (Å²) in [4.78, 5) is 25.7. The lowest BCUT2D eigenvalue weighted by Crippen LogP contribution is -2.39. The Morgan fingerprint density at radius 2 is 2.22 bits per heavy atom. The molecule has 1 aromatic carbocycles. The van der Waals surface area contributed by atoms with Crippen molar-refractivity contribution in [1.29, 1.82) is 0 Å². The molecule has 2 aromatic rings. The highest BCUT2D eigenvalue weighted by atomic mass is 16.5. The van der Waals surface area contributed by atoms with Crippen LogP contribution >= 0.6 is 0 Å². The van der Waals surface area contributed by atoms with Crippen molar-refractivity contribution in [1.82, 2.24) is 19.8 Å². The summed E-state index contributed by atoms with van der Waals surface area (Å²) in [5.74, 6) is 1.25. The van der Waals surface area contributed by atoms with E-state index in [2.05, 4.69) is 20.9 Å². The third-order valence-electron chi connectivity index (χ3n) is 5.43. The third kappa shape index (κ3) is 3.79. The minimum absolute atomic E-state index is 0.0678. The lowest BCUT2D eigenvalue weighted by Gasteiger charge is -2.29. The van der Waals surface area contributed by atoms with Crippen LogP contribution in [0.5, 0.6) is 0 Å². The standard InChI is InChI=1S/C20H25N5O2/c1-24(13-18-22-9-6-17(21)23-18)15-7-10-25(12-15)20(26)19-16-5-3-2-4-14(16)8-11-27-19/h2-6,9,15,19H,7-8,10-13H2,1H3,(H2,21,22,23)/t15-,19+/m1/s1. The number of likely N-dealkylation sites (tertiary alicyclic amines) is 1. The highest BCUT2D eigenvalue weighted by molar-refractivity contribution is 5.83. The number of rotatable bonds is 4. The number of carbonyl (C=O) groups excluding carboxylic acids is 1. The number of carbonyl (C=O) groups is 1. The Hall–Kier alpha value is -2.51. The summed E-state index contributed by atoms with van der Waals surface area (Å²) in [6.45, 7) is 2.64. The first kappa shape index (κ1) is 17.9.